The number of aryl methyl sites for hydroxylation is 1. The predicted octanol–water partition coefficient (Wildman–Crippen LogP) is 1.23. The number of nitrogens with zero attached hydrogens (tertiary/aromatic N) is 3. The Bertz CT molecular complexity index is 389. The molecule has 0 saturated carbocycles. The zero-order chi connectivity index (χ0) is 13.2. The Morgan fingerprint density at radius 1 is 1.44 bits per heavy atom. The smallest absolute Gasteiger partial charge is 0.338 e. The first-order chi connectivity index (χ1) is 8.44. The fraction of sp³-hybridized carbons (Fsp3) is 0.800. The highest BCUT2D eigenvalue weighted by Crippen LogP contribution is 2.22. The summed E-state index contributed by atoms with van der Waals surface area (Å²) in [4.78, 5) is 5.98. The van der Waals surface area contributed by atoms with Gasteiger partial charge in [-0.1, -0.05) is 0 Å². The van der Waals surface area contributed by atoms with E-state index in [1.165, 1.54) is 0 Å². The molecule has 0 amide bonds. The SMILES string of the molecule is NC1CCCN(c2n[nH]c(CCC(F)(F)F)n2)C1. The molecule has 8 heteroatoms. The average molecular weight is 263 g/mol. The molecule has 1 fully saturated rings. The van der Waals surface area contributed by atoms with Crippen LogP contribution in [0.15, 0.2) is 0 Å². The van der Waals surface area contributed by atoms with Crippen molar-refractivity contribution in [2.24, 2.45) is 5.73 Å². The van der Waals surface area contributed by atoms with Gasteiger partial charge in [0.25, 0.3) is 0 Å². The van der Waals surface area contributed by atoms with Crippen molar-refractivity contribution in [1.29, 1.82) is 0 Å². The van der Waals surface area contributed by atoms with E-state index in [2.05, 4.69) is 15.2 Å². The summed E-state index contributed by atoms with van der Waals surface area (Å²) in [5.41, 5.74) is 5.83. The van der Waals surface area contributed by atoms with Gasteiger partial charge >= 0.3 is 6.18 Å². The minimum Gasteiger partial charge on any atom is -0.338 e. The Kier molecular flexibility index (Phi) is 3.74. The van der Waals surface area contributed by atoms with Gasteiger partial charge in [0, 0.05) is 25.6 Å². The van der Waals surface area contributed by atoms with Gasteiger partial charge in [-0.15, -0.1) is 5.10 Å². The monoisotopic (exact) mass is 263 g/mol. The first kappa shape index (κ1) is 13.1. The summed E-state index contributed by atoms with van der Waals surface area (Å²) < 4.78 is 36.2. The van der Waals surface area contributed by atoms with Crippen LogP contribution in [0.4, 0.5) is 19.1 Å². The number of H-pyrrole nitrogens is 1. The largest absolute Gasteiger partial charge is 0.389 e. The van der Waals surface area contributed by atoms with Crippen molar-refractivity contribution in [2.75, 3.05) is 18.0 Å². The molecule has 1 saturated heterocycles. The van der Waals surface area contributed by atoms with E-state index in [4.69, 9.17) is 5.73 Å². The summed E-state index contributed by atoms with van der Waals surface area (Å²) in [5.74, 6) is 0.712. The van der Waals surface area contributed by atoms with Crippen LogP contribution in [0.1, 0.15) is 25.1 Å². The second-order valence-electron chi connectivity index (χ2n) is 4.55. The highest BCUT2D eigenvalue weighted by Gasteiger charge is 2.27. The van der Waals surface area contributed by atoms with Crippen molar-refractivity contribution < 1.29 is 13.2 Å². The van der Waals surface area contributed by atoms with Crippen molar-refractivity contribution in [3.8, 4) is 0 Å². The topological polar surface area (TPSA) is 70.8 Å². The molecule has 5 nitrogen and oxygen atoms in total. The van der Waals surface area contributed by atoms with Gasteiger partial charge in [-0.25, -0.2) is 0 Å². The molecule has 1 atom stereocenters. The summed E-state index contributed by atoms with van der Waals surface area (Å²) in [6.07, 6.45) is -3.31. The molecule has 3 N–H and O–H groups in total. The second kappa shape index (κ2) is 5.13. The van der Waals surface area contributed by atoms with Crippen LogP contribution in [0.3, 0.4) is 0 Å². The lowest BCUT2D eigenvalue weighted by Crippen LogP contribution is -2.43. The number of rotatable bonds is 3. The number of halogens is 3. The number of hydrogen-bond donors (Lipinski definition) is 2. The van der Waals surface area contributed by atoms with E-state index >= 15 is 0 Å². The van der Waals surface area contributed by atoms with Gasteiger partial charge in [-0.05, 0) is 12.8 Å². The maximum absolute atomic E-state index is 12.1. The summed E-state index contributed by atoms with van der Waals surface area (Å²) in [6, 6.07) is 0.0795. The zero-order valence-corrected chi connectivity index (χ0v) is 9.87. The van der Waals surface area contributed by atoms with Crippen LogP contribution in [0.2, 0.25) is 0 Å². The van der Waals surface area contributed by atoms with Crippen LogP contribution in [0, 0.1) is 0 Å². The third-order valence-corrected chi connectivity index (χ3v) is 2.91. The third-order valence-electron chi connectivity index (χ3n) is 2.91. The van der Waals surface area contributed by atoms with E-state index in [0.29, 0.717) is 12.5 Å². The first-order valence-corrected chi connectivity index (χ1v) is 5.92. The normalized spacial score (nSPS) is 21.3. The molecule has 1 aromatic rings. The van der Waals surface area contributed by atoms with Gasteiger partial charge < -0.3 is 10.6 Å². The molecule has 1 aromatic heterocycles. The van der Waals surface area contributed by atoms with Crippen LogP contribution in [-0.2, 0) is 6.42 Å². The minimum absolute atomic E-state index is 0.0795. The molecule has 0 aromatic carbocycles. The number of piperidine rings is 1. The molecule has 18 heavy (non-hydrogen) atoms. The fourth-order valence-electron chi connectivity index (χ4n) is 1.99. The van der Waals surface area contributed by atoms with Crippen LogP contribution in [0.5, 0.6) is 0 Å². The highest BCUT2D eigenvalue weighted by molar-refractivity contribution is 5.29. The number of anilines is 1. The lowest BCUT2D eigenvalue weighted by atomic mass is 10.1. The summed E-state index contributed by atoms with van der Waals surface area (Å²) in [6.45, 7) is 1.45. The van der Waals surface area contributed by atoms with E-state index in [0.717, 1.165) is 19.4 Å². The Morgan fingerprint density at radius 3 is 2.89 bits per heavy atom. The number of aromatic nitrogens is 3. The molecular formula is C10H16F3N5. The minimum atomic E-state index is -4.17. The number of nitrogens with two attached hydrogens (primary N) is 1. The fourth-order valence-corrected chi connectivity index (χ4v) is 1.99. The Balaban J connectivity index is 1.93. The third kappa shape index (κ3) is 3.59. The molecule has 0 radical (unpaired) electrons. The van der Waals surface area contributed by atoms with Gasteiger partial charge in [-0.3, -0.25) is 5.10 Å². The highest BCUT2D eigenvalue weighted by atomic mass is 19.4. The second-order valence-corrected chi connectivity index (χ2v) is 4.55. The van der Waals surface area contributed by atoms with Crippen molar-refractivity contribution in [3.63, 3.8) is 0 Å². The lowest BCUT2D eigenvalue weighted by molar-refractivity contribution is -0.134. The van der Waals surface area contributed by atoms with E-state index in [-0.39, 0.29) is 18.3 Å². The van der Waals surface area contributed by atoms with Gasteiger partial charge in [0.15, 0.2) is 0 Å². The molecule has 1 aliphatic rings. The van der Waals surface area contributed by atoms with E-state index in [1.54, 1.807) is 0 Å². The van der Waals surface area contributed by atoms with E-state index in [9.17, 15) is 13.2 Å². The Hall–Kier alpha value is -1.31. The molecule has 0 aliphatic carbocycles. The molecule has 0 bridgehead atoms. The lowest BCUT2D eigenvalue weighted by Gasteiger charge is -2.29. The number of nitrogens with one attached hydrogen (secondary N) is 1. The molecule has 2 rings (SSSR count). The van der Waals surface area contributed by atoms with Crippen molar-refractivity contribution >= 4 is 5.95 Å². The summed E-state index contributed by atoms with van der Waals surface area (Å²) in [7, 11) is 0. The van der Waals surface area contributed by atoms with Gasteiger partial charge in [0.2, 0.25) is 5.95 Å². The number of hydrogen-bond acceptors (Lipinski definition) is 4. The first-order valence-electron chi connectivity index (χ1n) is 5.92. The Morgan fingerprint density at radius 2 is 2.22 bits per heavy atom. The molecular weight excluding hydrogens is 247 g/mol. The summed E-state index contributed by atoms with van der Waals surface area (Å²) >= 11 is 0. The molecule has 1 unspecified atom stereocenters. The van der Waals surface area contributed by atoms with Gasteiger partial charge in [0.05, 0.1) is 6.42 Å². The van der Waals surface area contributed by atoms with Gasteiger partial charge in [0.1, 0.15) is 5.82 Å². The van der Waals surface area contributed by atoms with E-state index in [1.807, 2.05) is 4.90 Å². The van der Waals surface area contributed by atoms with E-state index < -0.39 is 12.6 Å². The maximum Gasteiger partial charge on any atom is 0.389 e. The zero-order valence-electron chi connectivity index (χ0n) is 9.87. The molecule has 0 spiro atoms. The molecule has 2 heterocycles. The van der Waals surface area contributed by atoms with Crippen LogP contribution < -0.4 is 10.6 Å². The number of aromatic amines is 1. The van der Waals surface area contributed by atoms with Crippen LogP contribution in [-0.4, -0.2) is 40.5 Å². The number of alkyl halides is 3. The van der Waals surface area contributed by atoms with Crippen LogP contribution in [0.25, 0.3) is 0 Å². The quantitative estimate of drug-likeness (QED) is 0.860. The molecule has 1 aliphatic heterocycles. The van der Waals surface area contributed by atoms with Crippen molar-refractivity contribution in [3.05, 3.63) is 5.82 Å². The maximum atomic E-state index is 12.1. The van der Waals surface area contributed by atoms with Gasteiger partial charge in [-0.2, -0.15) is 18.2 Å². The Labute approximate surface area is 103 Å². The van der Waals surface area contributed by atoms with Crippen molar-refractivity contribution in [1.82, 2.24) is 15.2 Å². The predicted molar refractivity (Wildman–Crippen MR) is 60.2 cm³/mol. The molecule has 102 valence electrons. The standard InChI is InChI=1S/C10H16F3N5/c11-10(12,13)4-3-8-15-9(17-16-8)18-5-1-2-7(14)6-18/h7H,1-6,14H2,(H,15,16,17). The van der Waals surface area contributed by atoms with Crippen molar-refractivity contribution in [2.45, 2.75) is 37.9 Å². The average Bonchev–Trinajstić information content (AvgIpc) is 2.74. The van der Waals surface area contributed by atoms with Crippen LogP contribution >= 0.6 is 0 Å². The summed E-state index contributed by atoms with van der Waals surface area (Å²) in [5, 5.41) is 6.49.